The van der Waals surface area contributed by atoms with E-state index in [0.29, 0.717) is 73.9 Å². The topological polar surface area (TPSA) is 135 Å². The minimum atomic E-state index is -0.415. The molecule has 13 heteroatoms. The van der Waals surface area contributed by atoms with Gasteiger partial charge in [-0.05, 0) is 37.3 Å². The normalized spacial score (nSPS) is 15.2. The summed E-state index contributed by atoms with van der Waals surface area (Å²) < 4.78 is 0. The number of nitriles is 1. The molecule has 2 aromatic rings. The highest BCUT2D eigenvalue weighted by Gasteiger charge is 2.28. The number of hydrogen-bond donors (Lipinski definition) is 2. The van der Waals surface area contributed by atoms with Crippen molar-refractivity contribution in [2.45, 2.75) is 26.3 Å². The van der Waals surface area contributed by atoms with E-state index in [-0.39, 0.29) is 24.0 Å². The molecule has 3 amide bonds. The number of aromatic nitrogens is 2. The molecule has 1 saturated heterocycles. The number of pyridine rings is 2. The van der Waals surface area contributed by atoms with E-state index in [1.807, 2.05) is 18.0 Å². The SMILES string of the molecule is CCSCCNc1cc(NC(=O)N2CCCc3cc(CN4CCN(C)CC4=O)c(C=O)nc32)ncc1C#N.Cl. The largest absolute Gasteiger partial charge is 0.383 e. The zero-order valence-corrected chi connectivity index (χ0v) is 23.7. The minimum Gasteiger partial charge on any atom is -0.383 e. The van der Waals surface area contributed by atoms with Gasteiger partial charge in [0.1, 0.15) is 23.4 Å². The maximum Gasteiger partial charge on any atom is 0.328 e. The van der Waals surface area contributed by atoms with Crippen LogP contribution in [0.4, 0.5) is 22.1 Å². The predicted octanol–water partition coefficient (Wildman–Crippen LogP) is 3.01. The summed E-state index contributed by atoms with van der Waals surface area (Å²) in [5.74, 6) is 2.67. The van der Waals surface area contributed by atoms with Gasteiger partial charge < -0.3 is 10.2 Å². The van der Waals surface area contributed by atoms with E-state index in [4.69, 9.17) is 0 Å². The predicted molar refractivity (Wildman–Crippen MR) is 155 cm³/mol. The molecule has 0 aromatic carbocycles. The summed E-state index contributed by atoms with van der Waals surface area (Å²) in [4.78, 5) is 51.7. The molecule has 39 heavy (non-hydrogen) atoms. The third-order valence-corrected chi connectivity index (χ3v) is 7.43. The standard InChI is InChI=1S/C26H32N8O3S.ClH/c1-3-38-10-6-28-21-12-23(29-14-20(21)13-27)31-26(37)34-7-4-5-18-11-19(22(17-35)30-25(18)34)15-33-9-8-32(2)16-24(33)36;/h11-12,14,17H,3-10,15-16H2,1-2H3,(H2,28,29,31,37);1H. The third-order valence-electron chi connectivity index (χ3n) is 6.53. The number of nitrogens with one attached hydrogen (secondary N) is 2. The molecule has 0 aliphatic carbocycles. The summed E-state index contributed by atoms with van der Waals surface area (Å²) in [5.41, 5.74) is 2.78. The first-order chi connectivity index (χ1) is 18.4. The first-order valence-corrected chi connectivity index (χ1v) is 13.8. The molecular weight excluding hydrogens is 540 g/mol. The molecule has 0 unspecified atom stereocenters. The van der Waals surface area contributed by atoms with Crippen molar-refractivity contribution >= 4 is 59.7 Å². The number of hydrogen-bond acceptors (Lipinski definition) is 9. The van der Waals surface area contributed by atoms with E-state index >= 15 is 0 Å². The fourth-order valence-electron chi connectivity index (χ4n) is 4.52. The van der Waals surface area contributed by atoms with Gasteiger partial charge in [-0.15, -0.1) is 12.4 Å². The van der Waals surface area contributed by atoms with E-state index in [0.717, 1.165) is 30.0 Å². The second kappa shape index (κ2) is 14.1. The van der Waals surface area contributed by atoms with Crippen molar-refractivity contribution in [3.63, 3.8) is 0 Å². The quantitative estimate of drug-likeness (QED) is 0.343. The number of anilines is 3. The highest BCUT2D eigenvalue weighted by molar-refractivity contribution is 7.99. The maximum absolute atomic E-state index is 13.3. The number of carbonyl (C=O) groups excluding carboxylic acids is 3. The Hall–Kier alpha value is -3.40. The molecule has 11 nitrogen and oxygen atoms in total. The Morgan fingerprint density at radius 2 is 2.10 bits per heavy atom. The van der Waals surface area contributed by atoms with E-state index in [1.54, 1.807) is 22.7 Å². The summed E-state index contributed by atoms with van der Waals surface area (Å²) in [7, 11) is 1.91. The molecule has 208 valence electrons. The number of amides is 3. The first kappa shape index (κ1) is 30.1. The highest BCUT2D eigenvalue weighted by atomic mass is 35.5. The molecule has 0 bridgehead atoms. The molecule has 4 rings (SSSR count). The van der Waals surface area contributed by atoms with Crippen molar-refractivity contribution in [1.82, 2.24) is 19.8 Å². The van der Waals surface area contributed by atoms with Gasteiger partial charge in [-0.2, -0.15) is 17.0 Å². The Bertz CT molecular complexity index is 1250. The number of aldehydes is 1. The Balaban J connectivity index is 0.00000420. The molecule has 1 fully saturated rings. The number of nitrogens with zero attached hydrogens (tertiary/aromatic N) is 6. The van der Waals surface area contributed by atoms with Crippen molar-refractivity contribution in [3.05, 3.63) is 40.7 Å². The first-order valence-electron chi connectivity index (χ1n) is 12.7. The lowest BCUT2D eigenvalue weighted by molar-refractivity contribution is -0.136. The number of carbonyl (C=O) groups is 3. The van der Waals surface area contributed by atoms with Gasteiger partial charge in [0.05, 0.1) is 17.8 Å². The van der Waals surface area contributed by atoms with Gasteiger partial charge >= 0.3 is 6.03 Å². The number of piperazine rings is 1. The fourth-order valence-corrected chi connectivity index (χ4v) is 5.06. The molecule has 2 aromatic heterocycles. The van der Waals surface area contributed by atoms with Gasteiger partial charge in [-0.1, -0.05) is 6.92 Å². The maximum atomic E-state index is 13.3. The monoisotopic (exact) mass is 572 g/mol. The second-order valence-electron chi connectivity index (χ2n) is 9.22. The van der Waals surface area contributed by atoms with E-state index in [1.165, 1.54) is 11.1 Å². The lowest BCUT2D eigenvalue weighted by Gasteiger charge is -2.33. The van der Waals surface area contributed by atoms with E-state index < -0.39 is 6.03 Å². The fraction of sp³-hybridized carbons (Fsp3) is 0.462. The summed E-state index contributed by atoms with van der Waals surface area (Å²) in [6, 6.07) is 5.25. The lowest BCUT2D eigenvalue weighted by Crippen LogP contribution is -2.48. The summed E-state index contributed by atoms with van der Waals surface area (Å²) in [5, 5.41) is 15.5. The van der Waals surface area contributed by atoms with Crippen LogP contribution >= 0.6 is 24.2 Å². The van der Waals surface area contributed by atoms with Crippen LogP contribution in [0.5, 0.6) is 0 Å². The Morgan fingerprint density at radius 3 is 2.82 bits per heavy atom. The molecule has 0 spiro atoms. The van der Waals surface area contributed by atoms with Crippen LogP contribution in [0.25, 0.3) is 0 Å². The number of fused-ring (bicyclic) bond motifs is 1. The van der Waals surface area contributed by atoms with Crippen molar-refractivity contribution in [2.24, 2.45) is 0 Å². The summed E-state index contributed by atoms with van der Waals surface area (Å²) >= 11 is 1.79. The number of urea groups is 1. The Kier molecular flexibility index (Phi) is 10.9. The van der Waals surface area contributed by atoms with Crippen molar-refractivity contribution in [3.8, 4) is 6.07 Å². The molecule has 0 saturated carbocycles. The molecule has 2 N–H and O–H groups in total. The van der Waals surface area contributed by atoms with Crippen LogP contribution in [0.3, 0.4) is 0 Å². The average molecular weight is 573 g/mol. The molecule has 2 aliphatic rings. The van der Waals surface area contributed by atoms with E-state index in [2.05, 4.69) is 33.6 Å². The molecule has 4 heterocycles. The van der Waals surface area contributed by atoms with Crippen LogP contribution in [0, 0.1) is 11.3 Å². The van der Waals surface area contributed by atoms with Gasteiger partial charge in [-0.25, -0.2) is 14.8 Å². The minimum absolute atomic E-state index is 0. The van der Waals surface area contributed by atoms with Crippen molar-refractivity contribution < 1.29 is 14.4 Å². The van der Waals surface area contributed by atoms with Crippen LogP contribution in [0.15, 0.2) is 18.3 Å². The average Bonchev–Trinajstić information content (AvgIpc) is 2.92. The third kappa shape index (κ3) is 7.38. The Morgan fingerprint density at radius 1 is 1.28 bits per heavy atom. The number of halogens is 1. The number of aryl methyl sites for hydroxylation is 1. The zero-order valence-electron chi connectivity index (χ0n) is 22.1. The van der Waals surface area contributed by atoms with E-state index in [9.17, 15) is 19.6 Å². The van der Waals surface area contributed by atoms with Crippen molar-refractivity contribution in [1.29, 1.82) is 5.26 Å². The van der Waals surface area contributed by atoms with Crippen LogP contribution in [-0.2, 0) is 17.8 Å². The van der Waals surface area contributed by atoms with Gasteiger partial charge in [0.25, 0.3) is 0 Å². The lowest BCUT2D eigenvalue weighted by atomic mass is 10.0. The zero-order chi connectivity index (χ0) is 27.1. The van der Waals surface area contributed by atoms with Gasteiger partial charge in [-0.3, -0.25) is 24.7 Å². The molecule has 0 radical (unpaired) electrons. The van der Waals surface area contributed by atoms with Gasteiger partial charge in [0, 0.05) is 56.3 Å². The Labute approximate surface area is 238 Å². The molecule has 0 atom stereocenters. The van der Waals surface area contributed by atoms with Crippen LogP contribution < -0.4 is 15.5 Å². The molecule has 2 aliphatic heterocycles. The molecular formula is C26H33ClN8O3S. The number of likely N-dealkylation sites (N-methyl/N-ethyl adjacent to an activating group) is 1. The van der Waals surface area contributed by atoms with Crippen molar-refractivity contribution in [2.75, 3.05) is 66.8 Å². The van der Waals surface area contributed by atoms with Crippen LogP contribution in [0.2, 0.25) is 0 Å². The van der Waals surface area contributed by atoms with Gasteiger partial charge in [0.2, 0.25) is 5.91 Å². The number of rotatable bonds is 9. The number of thioether (sulfide) groups is 1. The summed E-state index contributed by atoms with van der Waals surface area (Å²) in [6.07, 6.45) is 3.56. The van der Waals surface area contributed by atoms with Crippen LogP contribution in [-0.4, -0.2) is 89.3 Å². The smallest absolute Gasteiger partial charge is 0.328 e. The second-order valence-corrected chi connectivity index (χ2v) is 10.6. The summed E-state index contributed by atoms with van der Waals surface area (Å²) in [6.45, 7) is 5.24. The van der Waals surface area contributed by atoms with Gasteiger partial charge in [0.15, 0.2) is 6.29 Å². The van der Waals surface area contributed by atoms with Crippen LogP contribution in [0.1, 0.15) is 40.5 Å². The highest BCUT2D eigenvalue weighted by Crippen LogP contribution is 2.29.